The summed E-state index contributed by atoms with van der Waals surface area (Å²) in [6, 6.07) is 10.3. The van der Waals surface area contributed by atoms with Crippen molar-refractivity contribution in [2.75, 3.05) is 0 Å². The molecule has 0 N–H and O–H groups in total. The number of hydrogen-bond acceptors (Lipinski definition) is 2. The Morgan fingerprint density at radius 1 is 0.889 bits per heavy atom. The van der Waals surface area contributed by atoms with Gasteiger partial charge in [-0.25, -0.2) is 0 Å². The van der Waals surface area contributed by atoms with Gasteiger partial charge in [0.25, 0.3) is 0 Å². The summed E-state index contributed by atoms with van der Waals surface area (Å²) in [5.41, 5.74) is 0.531. The smallest absolute Gasteiger partial charge is 0.151 e. The van der Waals surface area contributed by atoms with Gasteiger partial charge in [0.05, 0.1) is 5.02 Å². The van der Waals surface area contributed by atoms with Gasteiger partial charge in [-0.2, -0.15) is 0 Å². The Kier molecular flexibility index (Phi) is 4.57. The fourth-order valence-corrected chi connectivity index (χ4v) is 2.98. The fourth-order valence-electron chi connectivity index (χ4n) is 1.38. The van der Waals surface area contributed by atoms with Gasteiger partial charge in [-0.3, -0.25) is 4.79 Å². The molecule has 0 saturated heterocycles. The zero-order valence-electron chi connectivity index (χ0n) is 8.99. The molecule has 2 rings (SSSR count). The fraction of sp³-hybridized carbons (Fsp3) is 0. The molecule has 92 valence electrons. The molecule has 2 aromatic carbocycles. The Labute approximate surface area is 124 Å². The maximum Gasteiger partial charge on any atom is 0.151 e. The number of benzene rings is 2. The Balaban J connectivity index is 2.39. The Bertz CT molecular complexity index is 599. The first kappa shape index (κ1) is 13.8. The van der Waals surface area contributed by atoms with E-state index in [4.69, 9.17) is 34.8 Å². The highest BCUT2D eigenvalue weighted by Gasteiger charge is 2.08. The van der Waals surface area contributed by atoms with Crippen molar-refractivity contribution in [2.24, 2.45) is 0 Å². The van der Waals surface area contributed by atoms with Gasteiger partial charge in [0, 0.05) is 25.4 Å². The number of hydrogen-bond donors (Lipinski definition) is 0. The molecule has 0 heterocycles. The lowest BCUT2D eigenvalue weighted by Crippen LogP contribution is -1.85. The minimum absolute atomic E-state index is 0.527. The average molecular weight is 318 g/mol. The normalized spacial score (nSPS) is 10.4. The first-order chi connectivity index (χ1) is 8.60. The van der Waals surface area contributed by atoms with Crippen LogP contribution in [0.15, 0.2) is 46.2 Å². The third-order valence-electron chi connectivity index (χ3n) is 2.21. The number of carbonyl (C=O) groups is 1. The van der Waals surface area contributed by atoms with Gasteiger partial charge in [0.2, 0.25) is 0 Å². The molecule has 0 aliphatic heterocycles. The van der Waals surface area contributed by atoms with Crippen molar-refractivity contribution >= 4 is 52.9 Å². The second-order valence-corrected chi connectivity index (χ2v) is 5.84. The highest BCUT2D eigenvalue weighted by atomic mass is 35.5. The third kappa shape index (κ3) is 3.21. The Morgan fingerprint density at radius 2 is 1.56 bits per heavy atom. The largest absolute Gasteiger partial charge is 0.298 e. The molecule has 0 spiro atoms. The molecule has 0 fully saturated rings. The number of aldehydes is 1. The van der Waals surface area contributed by atoms with Crippen molar-refractivity contribution in [1.29, 1.82) is 0 Å². The summed E-state index contributed by atoms with van der Waals surface area (Å²) in [6.45, 7) is 0. The van der Waals surface area contributed by atoms with Gasteiger partial charge in [0.1, 0.15) is 0 Å². The van der Waals surface area contributed by atoms with Gasteiger partial charge in [-0.05, 0) is 36.4 Å². The molecule has 0 saturated carbocycles. The van der Waals surface area contributed by atoms with Crippen LogP contribution in [0.4, 0.5) is 0 Å². The van der Waals surface area contributed by atoms with Crippen LogP contribution in [0.25, 0.3) is 0 Å². The van der Waals surface area contributed by atoms with E-state index in [0.29, 0.717) is 20.6 Å². The summed E-state index contributed by atoms with van der Waals surface area (Å²) in [6.07, 6.45) is 0.771. The van der Waals surface area contributed by atoms with Gasteiger partial charge in [-0.1, -0.05) is 46.6 Å². The highest BCUT2D eigenvalue weighted by molar-refractivity contribution is 7.99. The van der Waals surface area contributed by atoms with Gasteiger partial charge < -0.3 is 0 Å². The van der Waals surface area contributed by atoms with Gasteiger partial charge >= 0.3 is 0 Å². The summed E-state index contributed by atoms with van der Waals surface area (Å²) in [7, 11) is 0. The third-order valence-corrected chi connectivity index (χ3v) is 4.27. The molecule has 0 aliphatic rings. The van der Waals surface area contributed by atoms with E-state index in [0.717, 1.165) is 16.1 Å². The predicted octanol–water partition coefficient (Wildman–Crippen LogP) is 5.61. The monoisotopic (exact) mass is 316 g/mol. The number of rotatable bonds is 3. The quantitative estimate of drug-likeness (QED) is 0.684. The van der Waals surface area contributed by atoms with Crippen molar-refractivity contribution in [3.05, 3.63) is 57.0 Å². The topological polar surface area (TPSA) is 17.1 Å². The Hall–Kier alpha value is -0.670. The van der Waals surface area contributed by atoms with Crippen LogP contribution in [0, 0.1) is 0 Å². The van der Waals surface area contributed by atoms with Crippen molar-refractivity contribution in [3.8, 4) is 0 Å². The van der Waals surface area contributed by atoms with Crippen LogP contribution in [0.2, 0.25) is 15.1 Å². The van der Waals surface area contributed by atoms with Crippen molar-refractivity contribution in [1.82, 2.24) is 0 Å². The first-order valence-corrected chi connectivity index (χ1v) is 6.93. The zero-order chi connectivity index (χ0) is 13.1. The highest BCUT2D eigenvalue weighted by Crippen LogP contribution is 2.36. The van der Waals surface area contributed by atoms with E-state index in [9.17, 15) is 4.79 Å². The van der Waals surface area contributed by atoms with E-state index in [2.05, 4.69) is 0 Å². The molecule has 2 aromatic rings. The van der Waals surface area contributed by atoms with Crippen LogP contribution in [-0.4, -0.2) is 6.29 Å². The maximum atomic E-state index is 11.0. The first-order valence-electron chi connectivity index (χ1n) is 4.98. The molecule has 0 radical (unpaired) electrons. The van der Waals surface area contributed by atoms with Crippen LogP contribution >= 0.6 is 46.6 Å². The van der Waals surface area contributed by atoms with E-state index >= 15 is 0 Å². The van der Waals surface area contributed by atoms with Crippen LogP contribution in [-0.2, 0) is 0 Å². The van der Waals surface area contributed by atoms with Crippen LogP contribution in [0.5, 0.6) is 0 Å². The molecular weight excluding hydrogens is 311 g/mol. The number of halogens is 3. The van der Waals surface area contributed by atoms with E-state index in [1.807, 2.05) is 0 Å². The van der Waals surface area contributed by atoms with Crippen molar-refractivity contribution in [2.45, 2.75) is 9.79 Å². The molecule has 1 nitrogen and oxygen atoms in total. The van der Waals surface area contributed by atoms with Crippen LogP contribution < -0.4 is 0 Å². The standard InChI is InChI=1S/C13H7Cl3OS/c14-9-2-4-12(8(5-9)7-17)18-13-6-10(15)1-3-11(13)16/h1-7H. The molecular formula is C13H7Cl3OS. The molecule has 0 atom stereocenters. The predicted molar refractivity (Wildman–Crippen MR) is 77.4 cm³/mol. The van der Waals surface area contributed by atoms with E-state index in [1.165, 1.54) is 11.8 Å². The lowest BCUT2D eigenvalue weighted by atomic mass is 10.2. The SMILES string of the molecule is O=Cc1cc(Cl)ccc1Sc1cc(Cl)ccc1Cl. The minimum Gasteiger partial charge on any atom is -0.298 e. The average Bonchev–Trinajstić information content (AvgIpc) is 2.36. The molecule has 0 aliphatic carbocycles. The van der Waals surface area contributed by atoms with Gasteiger partial charge in [0.15, 0.2) is 6.29 Å². The summed E-state index contributed by atoms with van der Waals surface area (Å²) in [4.78, 5) is 12.6. The van der Waals surface area contributed by atoms with Crippen molar-refractivity contribution in [3.63, 3.8) is 0 Å². The minimum atomic E-state index is 0.527. The van der Waals surface area contributed by atoms with E-state index < -0.39 is 0 Å². The Morgan fingerprint density at radius 3 is 2.28 bits per heavy atom. The summed E-state index contributed by atoms with van der Waals surface area (Å²) < 4.78 is 0. The van der Waals surface area contributed by atoms with E-state index in [-0.39, 0.29) is 0 Å². The molecule has 0 amide bonds. The molecule has 0 bridgehead atoms. The number of carbonyl (C=O) groups excluding carboxylic acids is 1. The summed E-state index contributed by atoms with van der Waals surface area (Å²) in [5.74, 6) is 0. The second kappa shape index (κ2) is 5.98. The zero-order valence-corrected chi connectivity index (χ0v) is 12.1. The van der Waals surface area contributed by atoms with Crippen LogP contribution in [0.1, 0.15) is 10.4 Å². The second-order valence-electron chi connectivity index (χ2n) is 3.48. The molecule has 18 heavy (non-hydrogen) atoms. The summed E-state index contributed by atoms with van der Waals surface area (Å²) >= 11 is 19.2. The van der Waals surface area contributed by atoms with Gasteiger partial charge in [-0.15, -0.1) is 0 Å². The maximum absolute atomic E-state index is 11.0. The van der Waals surface area contributed by atoms with Crippen molar-refractivity contribution < 1.29 is 4.79 Å². The van der Waals surface area contributed by atoms with E-state index in [1.54, 1.807) is 36.4 Å². The summed E-state index contributed by atoms with van der Waals surface area (Å²) in [5, 5.41) is 1.72. The molecule has 0 unspecified atom stereocenters. The molecule has 5 heteroatoms. The molecule has 0 aromatic heterocycles. The van der Waals surface area contributed by atoms with Crippen LogP contribution in [0.3, 0.4) is 0 Å². The lowest BCUT2D eigenvalue weighted by molar-refractivity contribution is 0.112. The lowest BCUT2D eigenvalue weighted by Gasteiger charge is -2.07.